The quantitative estimate of drug-likeness (QED) is 0.843. The van der Waals surface area contributed by atoms with Crippen LogP contribution in [-0.4, -0.2) is 19.3 Å². The van der Waals surface area contributed by atoms with Gasteiger partial charge in [-0.25, -0.2) is 0 Å². The molecule has 1 N–H and O–H groups in total. The Bertz CT molecular complexity index is 348. The smallest absolute Gasteiger partial charge is 0.422 e. The molecule has 0 saturated heterocycles. The standard InChI is InChI=1S/C13H18F3NO/c1-3-8-17-10(2)11-4-6-12(7-5-11)18-9-13(14,15)16/h4-7,10,17H,3,8-9H2,1-2H3. The van der Waals surface area contributed by atoms with Crippen molar-refractivity contribution in [3.63, 3.8) is 0 Å². The molecule has 0 radical (unpaired) electrons. The van der Waals surface area contributed by atoms with E-state index in [1.807, 2.05) is 6.92 Å². The molecule has 0 heterocycles. The fraction of sp³-hybridized carbons (Fsp3) is 0.538. The first-order chi connectivity index (χ1) is 8.42. The zero-order chi connectivity index (χ0) is 13.6. The van der Waals surface area contributed by atoms with E-state index in [0.717, 1.165) is 18.5 Å². The number of nitrogens with one attached hydrogen (secondary N) is 1. The number of halogens is 3. The maximum Gasteiger partial charge on any atom is 0.422 e. The minimum Gasteiger partial charge on any atom is -0.484 e. The number of hydrogen-bond acceptors (Lipinski definition) is 2. The Morgan fingerprint density at radius 3 is 2.33 bits per heavy atom. The topological polar surface area (TPSA) is 21.3 Å². The molecule has 18 heavy (non-hydrogen) atoms. The molecule has 1 atom stereocenters. The van der Waals surface area contributed by atoms with Crippen LogP contribution in [0.5, 0.6) is 5.75 Å². The minimum absolute atomic E-state index is 0.182. The van der Waals surface area contributed by atoms with E-state index in [9.17, 15) is 13.2 Å². The van der Waals surface area contributed by atoms with Crippen molar-refractivity contribution in [2.24, 2.45) is 0 Å². The molecule has 1 aromatic carbocycles. The number of benzene rings is 1. The highest BCUT2D eigenvalue weighted by atomic mass is 19.4. The van der Waals surface area contributed by atoms with Gasteiger partial charge in [0.25, 0.3) is 0 Å². The SMILES string of the molecule is CCCNC(C)c1ccc(OCC(F)(F)F)cc1. The number of ether oxygens (including phenoxy) is 1. The predicted octanol–water partition coefficient (Wildman–Crippen LogP) is 3.69. The summed E-state index contributed by atoms with van der Waals surface area (Å²) in [6.45, 7) is 3.75. The van der Waals surface area contributed by atoms with E-state index >= 15 is 0 Å². The first-order valence-corrected chi connectivity index (χ1v) is 5.95. The lowest BCUT2D eigenvalue weighted by atomic mass is 10.1. The van der Waals surface area contributed by atoms with Gasteiger partial charge in [0.05, 0.1) is 0 Å². The molecule has 1 unspecified atom stereocenters. The molecule has 0 aliphatic carbocycles. The van der Waals surface area contributed by atoms with Crippen molar-refractivity contribution in [3.05, 3.63) is 29.8 Å². The minimum atomic E-state index is -4.30. The lowest BCUT2D eigenvalue weighted by Gasteiger charge is -2.14. The van der Waals surface area contributed by atoms with E-state index in [1.54, 1.807) is 24.3 Å². The van der Waals surface area contributed by atoms with Crippen LogP contribution >= 0.6 is 0 Å². The van der Waals surface area contributed by atoms with Gasteiger partial charge in [0.2, 0.25) is 0 Å². The Morgan fingerprint density at radius 2 is 1.83 bits per heavy atom. The van der Waals surface area contributed by atoms with Gasteiger partial charge in [-0.3, -0.25) is 0 Å². The summed E-state index contributed by atoms with van der Waals surface area (Å²) in [7, 11) is 0. The number of alkyl halides is 3. The average Bonchev–Trinajstić information content (AvgIpc) is 2.33. The van der Waals surface area contributed by atoms with Crippen molar-refractivity contribution in [2.75, 3.05) is 13.2 Å². The molecule has 0 fully saturated rings. The van der Waals surface area contributed by atoms with Gasteiger partial charge in [0.1, 0.15) is 5.75 Å². The monoisotopic (exact) mass is 261 g/mol. The van der Waals surface area contributed by atoms with Crippen molar-refractivity contribution in [3.8, 4) is 5.75 Å². The van der Waals surface area contributed by atoms with E-state index in [-0.39, 0.29) is 11.8 Å². The molecule has 1 aromatic rings. The van der Waals surface area contributed by atoms with Gasteiger partial charge >= 0.3 is 6.18 Å². The lowest BCUT2D eigenvalue weighted by Crippen LogP contribution is -2.20. The highest BCUT2D eigenvalue weighted by Crippen LogP contribution is 2.20. The van der Waals surface area contributed by atoms with Gasteiger partial charge < -0.3 is 10.1 Å². The van der Waals surface area contributed by atoms with Gasteiger partial charge in [-0.05, 0) is 37.6 Å². The molecule has 102 valence electrons. The van der Waals surface area contributed by atoms with E-state index in [1.165, 1.54) is 0 Å². The third kappa shape index (κ3) is 5.40. The fourth-order valence-electron chi connectivity index (χ4n) is 1.50. The van der Waals surface area contributed by atoms with E-state index in [0.29, 0.717) is 0 Å². The van der Waals surface area contributed by atoms with Crippen LogP contribution in [0.4, 0.5) is 13.2 Å². The van der Waals surface area contributed by atoms with Crippen LogP contribution in [0, 0.1) is 0 Å². The summed E-state index contributed by atoms with van der Waals surface area (Å²) in [4.78, 5) is 0. The van der Waals surface area contributed by atoms with Gasteiger partial charge in [-0.1, -0.05) is 19.1 Å². The van der Waals surface area contributed by atoms with Crippen LogP contribution in [0.25, 0.3) is 0 Å². The summed E-state index contributed by atoms with van der Waals surface area (Å²) in [5.74, 6) is 0.235. The molecule has 2 nitrogen and oxygen atoms in total. The van der Waals surface area contributed by atoms with Gasteiger partial charge in [-0.15, -0.1) is 0 Å². The first-order valence-electron chi connectivity index (χ1n) is 5.95. The van der Waals surface area contributed by atoms with E-state index in [4.69, 9.17) is 0 Å². The summed E-state index contributed by atoms with van der Waals surface area (Å²) in [6, 6.07) is 6.86. The molecule has 0 bridgehead atoms. The normalized spacial score (nSPS) is 13.4. The Kier molecular flexibility index (Phi) is 5.47. The first kappa shape index (κ1) is 14.8. The summed E-state index contributed by atoms with van der Waals surface area (Å²) < 4.78 is 40.5. The second-order valence-corrected chi connectivity index (χ2v) is 4.15. The maximum atomic E-state index is 12.0. The second kappa shape index (κ2) is 6.64. The molecule has 5 heteroatoms. The van der Waals surface area contributed by atoms with Crippen LogP contribution in [-0.2, 0) is 0 Å². The predicted molar refractivity (Wildman–Crippen MR) is 64.7 cm³/mol. The Morgan fingerprint density at radius 1 is 1.22 bits per heavy atom. The molecule has 0 aliphatic heterocycles. The Balaban J connectivity index is 2.52. The molecule has 0 aliphatic rings. The van der Waals surface area contributed by atoms with E-state index < -0.39 is 12.8 Å². The zero-order valence-corrected chi connectivity index (χ0v) is 10.6. The number of hydrogen-bond donors (Lipinski definition) is 1. The van der Waals surface area contributed by atoms with E-state index in [2.05, 4.69) is 17.0 Å². The summed E-state index contributed by atoms with van der Waals surface area (Å²) in [5, 5.41) is 3.30. The fourth-order valence-corrected chi connectivity index (χ4v) is 1.50. The molecule has 0 saturated carbocycles. The zero-order valence-electron chi connectivity index (χ0n) is 10.6. The highest BCUT2D eigenvalue weighted by Gasteiger charge is 2.28. The lowest BCUT2D eigenvalue weighted by molar-refractivity contribution is -0.153. The molecule has 0 aromatic heterocycles. The van der Waals surface area contributed by atoms with Crippen molar-refractivity contribution in [1.82, 2.24) is 5.32 Å². The summed E-state index contributed by atoms with van der Waals surface area (Å²) in [5.41, 5.74) is 1.03. The third-order valence-corrected chi connectivity index (χ3v) is 2.48. The maximum absolute atomic E-state index is 12.0. The van der Waals surface area contributed by atoms with Crippen LogP contribution in [0.1, 0.15) is 31.9 Å². The molecule has 1 rings (SSSR count). The third-order valence-electron chi connectivity index (χ3n) is 2.48. The van der Waals surface area contributed by atoms with Crippen LogP contribution < -0.4 is 10.1 Å². The summed E-state index contributed by atoms with van der Waals surface area (Å²) >= 11 is 0. The van der Waals surface area contributed by atoms with Crippen molar-refractivity contribution in [1.29, 1.82) is 0 Å². The van der Waals surface area contributed by atoms with Gasteiger partial charge in [-0.2, -0.15) is 13.2 Å². The Labute approximate surface area is 105 Å². The van der Waals surface area contributed by atoms with Crippen molar-refractivity contribution < 1.29 is 17.9 Å². The second-order valence-electron chi connectivity index (χ2n) is 4.15. The van der Waals surface area contributed by atoms with Gasteiger partial charge in [0.15, 0.2) is 6.61 Å². The van der Waals surface area contributed by atoms with Crippen molar-refractivity contribution in [2.45, 2.75) is 32.5 Å². The largest absolute Gasteiger partial charge is 0.484 e. The molecule has 0 amide bonds. The van der Waals surface area contributed by atoms with Crippen LogP contribution in [0.3, 0.4) is 0 Å². The summed E-state index contributed by atoms with van der Waals surface area (Å²) in [6.07, 6.45) is -3.26. The van der Waals surface area contributed by atoms with Crippen molar-refractivity contribution >= 4 is 0 Å². The molecule has 0 spiro atoms. The highest BCUT2D eigenvalue weighted by molar-refractivity contribution is 5.28. The molecular formula is C13H18F3NO. The average molecular weight is 261 g/mol. The Hall–Kier alpha value is -1.23. The van der Waals surface area contributed by atoms with Crippen LogP contribution in [0.2, 0.25) is 0 Å². The van der Waals surface area contributed by atoms with Crippen LogP contribution in [0.15, 0.2) is 24.3 Å². The molecular weight excluding hydrogens is 243 g/mol. The number of rotatable bonds is 6. The van der Waals surface area contributed by atoms with Gasteiger partial charge in [0, 0.05) is 6.04 Å².